The smallest absolute Gasteiger partial charge is 0.409 e. The van der Waals surface area contributed by atoms with Gasteiger partial charge in [0.25, 0.3) is 0 Å². The van der Waals surface area contributed by atoms with Gasteiger partial charge in [0.2, 0.25) is 0 Å². The van der Waals surface area contributed by atoms with Crippen LogP contribution in [0.3, 0.4) is 0 Å². The molecule has 0 aliphatic rings. The zero-order valence-corrected chi connectivity index (χ0v) is 8.80. The Bertz CT molecular complexity index is 174. The van der Waals surface area contributed by atoms with Crippen LogP contribution < -0.4 is 0 Å². The van der Waals surface area contributed by atoms with Crippen LogP contribution >= 0.6 is 0 Å². The van der Waals surface area contributed by atoms with E-state index in [1.807, 2.05) is 20.8 Å². The maximum Gasteiger partial charge on any atom is 0.409 e. The van der Waals surface area contributed by atoms with Crippen molar-refractivity contribution < 1.29 is 9.53 Å². The van der Waals surface area contributed by atoms with Crippen molar-refractivity contribution in [2.75, 3.05) is 19.7 Å². The maximum atomic E-state index is 11.3. The molecule has 0 fully saturated rings. The molecular weight excluding hydrogens is 166 g/mol. The summed E-state index contributed by atoms with van der Waals surface area (Å²) in [6, 6.07) is 0. The molecule has 0 spiro atoms. The number of nitrogens with zero attached hydrogens (tertiary/aromatic N) is 1. The van der Waals surface area contributed by atoms with Crippen molar-refractivity contribution in [3.63, 3.8) is 0 Å². The Balaban J connectivity index is 3.66. The van der Waals surface area contributed by atoms with E-state index in [0.717, 1.165) is 12.0 Å². The summed E-state index contributed by atoms with van der Waals surface area (Å²) in [5.74, 6) is 0. The molecule has 0 rings (SSSR count). The largest absolute Gasteiger partial charge is 0.449 e. The summed E-state index contributed by atoms with van der Waals surface area (Å²) in [5, 5.41) is 0. The van der Waals surface area contributed by atoms with E-state index in [-0.39, 0.29) is 6.09 Å². The Morgan fingerprint density at radius 1 is 1.38 bits per heavy atom. The Morgan fingerprint density at radius 2 is 1.92 bits per heavy atom. The van der Waals surface area contributed by atoms with E-state index in [9.17, 15) is 4.79 Å². The molecule has 76 valence electrons. The second-order valence-corrected chi connectivity index (χ2v) is 2.99. The molecule has 0 N–H and O–H groups in total. The highest BCUT2D eigenvalue weighted by molar-refractivity contribution is 5.67. The lowest BCUT2D eigenvalue weighted by Gasteiger charge is -2.17. The summed E-state index contributed by atoms with van der Waals surface area (Å²) in [7, 11) is 0. The van der Waals surface area contributed by atoms with Crippen molar-refractivity contribution in [3.8, 4) is 0 Å². The van der Waals surface area contributed by atoms with Crippen LogP contribution in [0.5, 0.6) is 0 Å². The highest BCUT2D eigenvalue weighted by Gasteiger charge is 2.09. The topological polar surface area (TPSA) is 29.5 Å². The number of amides is 1. The number of ether oxygens (including phenoxy) is 1. The van der Waals surface area contributed by atoms with Gasteiger partial charge >= 0.3 is 6.09 Å². The molecule has 0 aromatic carbocycles. The average Bonchev–Trinajstić information content (AvgIpc) is 2.05. The fourth-order valence-electron chi connectivity index (χ4n) is 0.886. The number of hydrogen-bond acceptors (Lipinski definition) is 2. The first kappa shape index (κ1) is 12.0. The van der Waals surface area contributed by atoms with Crippen LogP contribution in [-0.2, 0) is 4.74 Å². The molecule has 13 heavy (non-hydrogen) atoms. The molecule has 0 aliphatic carbocycles. The minimum Gasteiger partial charge on any atom is -0.449 e. The molecule has 0 saturated heterocycles. The predicted molar refractivity (Wildman–Crippen MR) is 53.7 cm³/mol. The monoisotopic (exact) mass is 185 g/mol. The van der Waals surface area contributed by atoms with Crippen LogP contribution in [0.15, 0.2) is 12.2 Å². The van der Waals surface area contributed by atoms with Gasteiger partial charge in [0.15, 0.2) is 0 Å². The number of rotatable bonds is 5. The quantitative estimate of drug-likeness (QED) is 0.616. The average molecular weight is 185 g/mol. The molecule has 0 atom stereocenters. The molecular formula is C10H19NO2. The fourth-order valence-corrected chi connectivity index (χ4v) is 0.886. The molecule has 3 nitrogen and oxygen atoms in total. The highest BCUT2D eigenvalue weighted by atomic mass is 16.6. The minimum atomic E-state index is -0.230. The first-order chi connectivity index (χ1) is 6.11. The predicted octanol–water partition coefficient (Wildman–Crippen LogP) is 2.43. The van der Waals surface area contributed by atoms with Crippen molar-refractivity contribution in [1.29, 1.82) is 0 Å². The molecule has 3 heteroatoms. The van der Waals surface area contributed by atoms with Gasteiger partial charge in [0, 0.05) is 19.5 Å². The lowest BCUT2D eigenvalue weighted by Crippen LogP contribution is -2.31. The van der Waals surface area contributed by atoms with Crippen LogP contribution in [-0.4, -0.2) is 30.7 Å². The first-order valence-electron chi connectivity index (χ1n) is 4.67. The zero-order valence-electron chi connectivity index (χ0n) is 8.80. The number of hydrogen-bond donors (Lipinski definition) is 0. The lowest BCUT2D eigenvalue weighted by molar-refractivity contribution is 0.107. The van der Waals surface area contributed by atoms with Gasteiger partial charge in [0.1, 0.15) is 0 Å². The van der Waals surface area contributed by atoms with E-state index in [0.29, 0.717) is 19.7 Å². The summed E-state index contributed by atoms with van der Waals surface area (Å²) in [6.45, 7) is 11.4. The number of carbonyl (C=O) groups excluding carboxylic acids is 1. The molecule has 0 aliphatic heterocycles. The third kappa shape index (κ3) is 5.28. The van der Waals surface area contributed by atoms with Crippen LogP contribution in [0.25, 0.3) is 0 Å². The standard InChI is InChI=1S/C10H19NO2/c1-5-11(6-2)10(12)13-8-7-9(3)4/h3,5-8H2,1-2,4H3. The molecule has 0 bridgehead atoms. The zero-order chi connectivity index (χ0) is 10.3. The van der Waals surface area contributed by atoms with Gasteiger partial charge in [-0.25, -0.2) is 4.79 Å². The Kier molecular flexibility index (Phi) is 6.02. The molecule has 1 amide bonds. The van der Waals surface area contributed by atoms with E-state index >= 15 is 0 Å². The summed E-state index contributed by atoms with van der Waals surface area (Å²) < 4.78 is 5.02. The molecule has 0 heterocycles. The minimum absolute atomic E-state index is 0.230. The van der Waals surface area contributed by atoms with Gasteiger partial charge in [-0.1, -0.05) is 5.57 Å². The van der Waals surface area contributed by atoms with Crippen molar-refractivity contribution in [2.24, 2.45) is 0 Å². The van der Waals surface area contributed by atoms with Crippen LogP contribution in [0.4, 0.5) is 4.79 Å². The third-order valence-corrected chi connectivity index (χ3v) is 1.78. The third-order valence-electron chi connectivity index (χ3n) is 1.78. The normalized spacial score (nSPS) is 9.46. The molecule has 0 aromatic rings. The van der Waals surface area contributed by atoms with Crippen LogP contribution in [0, 0.1) is 0 Å². The van der Waals surface area contributed by atoms with E-state index in [1.54, 1.807) is 4.90 Å². The van der Waals surface area contributed by atoms with Crippen molar-refractivity contribution in [2.45, 2.75) is 27.2 Å². The molecule has 0 aromatic heterocycles. The SMILES string of the molecule is C=C(C)CCOC(=O)N(CC)CC. The first-order valence-corrected chi connectivity index (χ1v) is 4.67. The van der Waals surface area contributed by atoms with Gasteiger partial charge < -0.3 is 9.64 Å². The lowest BCUT2D eigenvalue weighted by atomic mass is 10.3. The van der Waals surface area contributed by atoms with Gasteiger partial charge in [-0.05, 0) is 20.8 Å². The summed E-state index contributed by atoms with van der Waals surface area (Å²) >= 11 is 0. The van der Waals surface area contributed by atoms with Crippen molar-refractivity contribution in [1.82, 2.24) is 4.90 Å². The molecule has 0 radical (unpaired) electrons. The van der Waals surface area contributed by atoms with Crippen LogP contribution in [0.1, 0.15) is 27.2 Å². The maximum absolute atomic E-state index is 11.3. The molecule has 0 unspecified atom stereocenters. The second kappa shape index (κ2) is 6.52. The van der Waals surface area contributed by atoms with Crippen LogP contribution in [0.2, 0.25) is 0 Å². The summed E-state index contributed by atoms with van der Waals surface area (Å²) in [4.78, 5) is 12.9. The van der Waals surface area contributed by atoms with E-state index in [1.165, 1.54) is 0 Å². The Hall–Kier alpha value is -0.990. The van der Waals surface area contributed by atoms with Crippen molar-refractivity contribution >= 4 is 6.09 Å². The Morgan fingerprint density at radius 3 is 2.31 bits per heavy atom. The molecule has 0 saturated carbocycles. The van der Waals surface area contributed by atoms with Gasteiger partial charge in [0.05, 0.1) is 6.61 Å². The number of carbonyl (C=O) groups is 1. The fraction of sp³-hybridized carbons (Fsp3) is 0.700. The van der Waals surface area contributed by atoms with Crippen molar-refractivity contribution in [3.05, 3.63) is 12.2 Å². The summed E-state index contributed by atoms with van der Waals surface area (Å²) in [5.41, 5.74) is 1.03. The Labute approximate surface area is 80.4 Å². The van der Waals surface area contributed by atoms with E-state index in [4.69, 9.17) is 4.74 Å². The van der Waals surface area contributed by atoms with E-state index in [2.05, 4.69) is 6.58 Å². The van der Waals surface area contributed by atoms with Gasteiger partial charge in [-0.15, -0.1) is 6.58 Å². The highest BCUT2D eigenvalue weighted by Crippen LogP contribution is 1.98. The second-order valence-electron chi connectivity index (χ2n) is 2.99. The summed E-state index contributed by atoms with van der Waals surface area (Å²) in [6.07, 6.45) is 0.513. The van der Waals surface area contributed by atoms with Gasteiger partial charge in [-0.3, -0.25) is 0 Å². The van der Waals surface area contributed by atoms with E-state index < -0.39 is 0 Å². The van der Waals surface area contributed by atoms with Gasteiger partial charge in [-0.2, -0.15) is 0 Å².